The number of aryl methyl sites for hydroxylation is 1. The van der Waals surface area contributed by atoms with Crippen LogP contribution in [0.5, 0.6) is 0 Å². The van der Waals surface area contributed by atoms with Gasteiger partial charge in [0, 0.05) is 31.7 Å². The molecule has 16 heavy (non-hydrogen) atoms. The fourth-order valence-corrected chi connectivity index (χ4v) is 2.03. The van der Waals surface area contributed by atoms with E-state index >= 15 is 0 Å². The molecule has 0 saturated carbocycles. The highest BCUT2D eigenvalue weighted by Crippen LogP contribution is 2.23. The van der Waals surface area contributed by atoms with Gasteiger partial charge >= 0.3 is 0 Å². The van der Waals surface area contributed by atoms with Crippen LogP contribution in [0.15, 0.2) is 12.1 Å². The summed E-state index contributed by atoms with van der Waals surface area (Å²) in [5.74, 6) is -0.685. The molecule has 2 rings (SSSR count). The summed E-state index contributed by atoms with van der Waals surface area (Å²) in [5, 5.41) is 3.27. The number of halogens is 2. The normalized spacial score (nSPS) is 21.2. The first kappa shape index (κ1) is 11.3. The Morgan fingerprint density at radius 2 is 2.06 bits per heavy atom. The number of anilines is 1. The molecule has 1 aliphatic heterocycles. The summed E-state index contributed by atoms with van der Waals surface area (Å²) in [7, 11) is 0. The standard InChI is InChI=1S/C12H16F2N2/c1-8-5-11(14)12(6-10(8)13)16-4-3-15-9(2)7-16/h5-6,9,15H,3-4,7H2,1-2H3. The number of nitrogens with zero attached hydrogens (tertiary/aromatic N) is 1. The molecule has 1 aliphatic rings. The number of benzene rings is 1. The second-order valence-corrected chi connectivity index (χ2v) is 4.35. The zero-order valence-corrected chi connectivity index (χ0v) is 9.56. The Kier molecular flexibility index (Phi) is 3.10. The summed E-state index contributed by atoms with van der Waals surface area (Å²) >= 11 is 0. The molecule has 2 nitrogen and oxygen atoms in total. The molecule has 1 unspecified atom stereocenters. The molecule has 1 aromatic rings. The van der Waals surface area contributed by atoms with E-state index in [2.05, 4.69) is 5.32 Å². The molecule has 0 bridgehead atoms. The molecule has 0 aromatic heterocycles. The van der Waals surface area contributed by atoms with Gasteiger partial charge in [-0.15, -0.1) is 0 Å². The predicted octanol–water partition coefficient (Wildman–Crippen LogP) is 2.07. The van der Waals surface area contributed by atoms with Crippen molar-refractivity contribution >= 4 is 5.69 Å². The van der Waals surface area contributed by atoms with Gasteiger partial charge in [0.15, 0.2) is 0 Å². The van der Waals surface area contributed by atoms with Gasteiger partial charge in [0.25, 0.3) is 0 Å². The Bertz CT molecular complexity index is 393. The molecule has 4 heteroatoms. The van der Waals surface area contributed by atoms with Gasteiger partial charge in [0.1, 0.15) is 11.6 Å². The lowest BCUT2D eigenvalue weighted by Crippen LogP contribution is -2.49. The largest absolute Gasteiger partial charge is 0.366 e. The van der Waals surface area contributed by atoms with Gasteiger partial charge in [-0.05, 0) is 25.5 Å². The molecule has 1 aromatic carbocycles. The average molecular weight is 226 g/mol. The summed E-state index contributed by atoms with van der Waals surface area (Å²) < 4.78 is 27.1. The molecule has 1 atom stereocenters. The first-order valence-corrected chi connectivity index (χ1v) is 5.52. The molecule has 1 fully saturated rings. The first-order valence-electron chi connectivity index (χ1n) is 5.52. The van der Waals surface area contributed by atoms with Crippen molar-refractivity contribution in [3.63, 3.8) is 0 Å². The molecular formula is C12H16F2N2. The maximum Gasteiger partial charge on any atom is 0.146 e. The van der Waals surface area contributed by atoms with Gasteiger partial charge < -0.3 is 10.2 Å². The monoisotopic (exact) mass is 226 g/mol. The lowest BCUT2D eigenvalue weighted by molar-refractivity contribution is 0.477. The minimum absolute atomic E-state index is 0.303. The molecule has 1 heterocycles. The summed E-state index contributed by atoms with van der Waals surface area (Å²) in [4.78, 5) is 1.89. The van der Waals surface area contributed by atoms with Crippen LogP contribution in [0.2, 0.25) is 0 Å². The van der Waals surface area contributed by atoms with E-state index in [9.17, 15) is 8.78 Å². The van der Waals surface area contributed by atoms with Crippen LogP contribution >= 0.6 is 0 Å². The van der Waals surface area contributed by atoms with Crippen LogP contribution in [-0.2, 0) is 0 Å². The van der Waals surface area contributed by atoms with E-state index in [1.165, 1.54) is 12.1 Å². The van der Waals surface area contributed by atoms with E-state index < -0.39 is 0 Å². The van der Waals surface area contributed by atoms with Gasteiger partial charge in [0.05, 0.1) is 5.69 Å². The number of hydrogen-bond acceptors (Lipinski definition) is 2. The number of nitrogens with one attached hydrogen (secondary N) is 1. The quantitative estimate of drug-likeness (QED) is 0.788. The third kappa shape index (κ3) is 2.16. The van der Waals surface area contributed by atoms with Crippen molar-refractivity contribution in [3.8, 4) is 0 Å². The van der Waals surface area contributed by atoms with Crippen LogP contribution in [0.1, 0.15) is 12.5 Å². The van der Waals surface area contributed by atoms with Gasteiger partial charge in [0.2, 0.25) is 0 Å². The fourth-order valence-electron chi connectivity index (χ4n) is 2.03. The summed E-state index contributed by atoms with van der Waals surface area (Å²) in [6.07, 6.45) is 0. The van der Waals surface area contributed by atoms with Crippen molar-refractivity contribution in [2.45, 2.75) is 19.9 Å². The molecule has 1 N–H and O–H groups in total. The van der Waals surface area contributed by atoms with Crippen LogP contribution in [0.25, 0.3) is 0 Å². The van der Waals surface area contributed by atoms with Crippen molar-refractivity contribution in [3.05, 3.63) is 29.3 Å². The smallest absolute Gasteiger partial charge is 0.146 e. The topological polar surface area (TPSA) is 15.3 Å². The van der Waals surface area contributed by atoms with Crippen LogP contribution in [0.4, 0.5) is 14.5 Å². The minimum Gasteiger partial charge on any atom is -0.366 e. The molecule has 88 valence electrons. The Balaban J connectivity index is 2.29. The van der Waals surface area contributed by atoms with Crippen LogP contribution in [0, 0.1) is 18.6 Å². The fraction of sp³-hybridized carbons (Fsp3) is 0.500. The highest BCUT2D eigenvalue weighted by Gasteiger charge is 2.19. The van der Waals surface area contributed by atoms with Crippen molar-refractivity contribution < 1.29 is 8.78 Å². The number of hydrogen-bond donors (Lipinski definition) is 1. The molecule has 1 saturated heterocycles. The van der Waals surface area contributed by atoms with Crippen molar-refractivity contribution in [1.82, 2.24) is 5.32 Å². The van der Waals surface area contributed by atoms with E-state index in [-0.39, 0.29) is 11.6 Å². The Hall–Kier alpha value is -1.16. The second kappa shape index (κ2) is 4.37. The Morgan fingerprint density at radius 1 is 1.31 bits per heavy atom. The van der Waals surface area contributed by atoms with Gasteiger partial charge in [-0.25, -0.2) is 8.78 Å². The van der Waals surface area contributed by atoms with E-state index in [1.807, 2.05) is 11.8 Å². The maximum absolute atomic E-state index is 13.7. The van der Waals surface area contributed by atoms with Gasteiger partial charge in [-0.3, -0.25) is 0 Å². The average Bonchev–Trinajstić information content (AvgIpc) is 2.23. The second-order valence-electron chi connectivity index (χ2n) is 4.35. The van der Waals surface area contributed by atoms with Gasteiger partial charge in [-0.2, -0.15) is 0 Å². The number of rotatable bonds is 1. The maximum atomic E-state index is 13.7. The molecule has 0 amide bonds. The van der Waals surface area contributed by atoms with E-state index in [1.54, 1.807) is 6.92 Å². The van der Waals surface area contributed by atoms with E-state index in [0.717, 1.165) is 6.54 Å². The molecule has 0 spiro atoms. The first-order chi connectivity index (χ1) is 7.58. The van der Waals surface area contributed by atoms with E-state index in [0.29, 0.717) is 30.4 Å². The third-order valence-electron chi connectivity index (χ3n) is 2.94. The molecular weight excluding hydrogens is 210 g/mol. The van der Waals surface area contributed by atoms with Crippen molar-refractivity contribution in [1.29, 1.82) is 0 Å². The summed E-state index contributed by atoms with van der Waals surface area (Å²) in [6.45, 7) is 5.83. The minimum atomic E-state index is -0.345. The lowest BCUT2D eigenvalue weighted by atomic mass is 10.1. The van der Waals surface area contributed by atoms with Crippen molar-refractivity contribution in [2.75, 3.05) is 24.5 Å². The summed E-state index contributed by atoms with van der Waals surface area (Å²) in [6, 6.07) is 2.86. The SMILES string of the molecule is Cc1cc(F)c(N2CCNC(C)C2)cc1F. The van der Waals surface area contributed by atoms with Crippen molar-refractivity contribution in [2.24, 2.45) is 0 Å². The number of piperazine rings is 1. The third-order valence-corrected chi connectivity index (χ3v) is 2.94. The Labute approximate surface area is 94.3 Å². The molecule has 0 aliphatic carbocycles. The van der Waals surface area contributed by atoms with Crippen LogP contribution < -0.4 is 10.2 Å². The highest BCUT2D eigenvalue weighted by atomic mass is 19.1. The zero-order chi connectivity index (χ0) is 11.7. The van der Waals surface area contributed by atoms with Crippen LogP contribution in [-0.4, -0.2) is 25.7 Å². The summed E-state index contributed by atoms with van der Waals surface area (Å²) in [5.41, 5.74) is 0.723. The van der Waals surface area contributed by atoms with E-state index in [4.69, 9.17) is 0 Å². The van der Waals surface area contributed by atoms with Crippen LogP contribution in [0.3, 0.4) is 0 Å². The lowest BCUT2D eigenvalue weighted by Gasteiger charge is -2.33. The molecule has 0 radical (unpaired) electrons. The zero-order valence-electron chi connectivity index (χ0n) is 9.56. The highest BCUT2D eigenvalue weighted by molar-refractivity contribution is 5.50. The Morgan fingerprint density at radius 3 is 2.75 bits per heavy atom. The van der Waals surface area contributed by atoms with Gasteiger partial charge in [-0.1, -0.05) is 0 Å². The predicted molar refractivity (Wildman–Crippen MR) is 60.8 cm³/mol.